The molecule has 0 fully saturated rings. The minimum Gasteiger partial charge on any atom is -0.356 e. The Bertz CT molecular complexity index is 378. The van der Waals surface area contributed by atoms with Crippen molar-refractivity contribution in [1.82, 2.24) is 20.4 Å². The lowest BCUT2D eigenvalue weighted by Crippen LogP contribution is -2.39. The van der Waals surface area contributed by atoms with E-state index in [1.165, 1.54) is 7.05 Å². The number of nitrogens with one attached hydrogen (secondary N) is 2. The van der Waals surface area contributed by atoms with Crippen LogP contribution >= 0.6 is 24.0 Å². The molecule has 1 aromatic rings. The Kier molecular flexibility index (Phi) is 9.34. The summed E-state index contributed by atoms with van der Waals surface area (Å²) in [5, 5.41) is 9.61. The number of aryl methyl sites for hydroxylation is 1. The SMILES string of the molecule is CN=C(NCCCn1cccn1)NCCC(F)(F)F.I. The van der Waals surface area contributed by atoms with Crippen LogP contribution in [0.15, 0.2) is 23.5 Å². The van der Waals surface area contributed by atoms with Crippen LogP contribution in [0.1, 0.15) is 12.8 Å². The van der Waals surface area contributed by atoms with E-state index < -0.39 is 12.6 Å². The molecule has 1 heterocycles. The van der Waals surface area contributed by atoms with Crippen LogP contribution < -0.4 is 10.6 Å². The van der Waals surface area contributed by atoms with Gasteiger partial charge in [-0.25, -0.2) is 0 Å². The maximum atomic E-state index is 12.0. The van der Waals surface area contributed by atoms with Gasteiger partial charge in [0, 0.05) is 39.1 Å². The fraction of sp³-hybridized carbons (Fsp3) is 0.636. The van der Waals surface area contributed by atoms with E-state index in [-0.39, 0.29) is 30.5 Å². The lowest BCUT2D eigenvalue weighted by atomic mass is 10.4. The molecule has 5 nitrogen and oxygen atoms in total. The van der Waals surface area contributed by atoms with E-state index in [9.17, 15) is 13.2 Å². The lowest BCUT2D eigenvalue weighted by Gasteiger charge is -2.12. The number of rotatable bonds is 6. The molecule has 0 aliphatic heterocycles. The molecular formula is C11H19F3IN5. The summed E-state index contributed by atoms with van der Waals surface area (Å²) in [6.45, 7) is 1.19. The van der Waals surface area contributed by atoms with Crippen molar-refractivity contribution in [2.45, 2.75) is 25.6 Å². The molecule has 0 atom stereocenters. The average molecular weight is 405 g/mol. The van der Waals surface area contributed by atoms with Gasteiger partial charge < -0.3 is 10.6 Å². The number of halogens is 4. The molecule has 0 aliphatic carbocycles. The largest absolute Gasteiger partial charge is 0.390 e. The van der Waals surface area contributed by atoms with Crippen LogP contribution in [0.5, 0.6) is 0 Å². The average Bonchev–Trinajstić information content (AvgIpc) is 2.83. The standard InChI is InChI=1S/C11H18F3N5.HI/c1-15-10(17-7-4-11(12,13)14)16-5-2-8-19-9-3-6-18-19;/h3,6,9H,2,4-5,7-8H2,1H3,(H2,15,16,17);1H. The third-order valence-electron chi connectivity index (χ3n) is 2.34. The zero-order valence-corrected chi connectivity index (χ0v) is 13.5. The van der Waals surface area contributed by atoms with E-state index in [1.807, 2.05) is 12.3 Å². The first-order chi connectivity index (χ1) is 9.01. The Labute approximate surface area is 133 Å². The van der Waals surface area contributed by atoms with E-state index in [0.717, 1.165) is 13.0 Å². The first-order valence-corrected chi connectivity index (χ1v) is 6.00. The van der Waals surface area contributed by atoms with Gasteiger partial charge in [-0.15, -0.1) is 24.0 Å². The molecule has 1 aromatic heterocycles. The van der Waals surface area contributed by atoms with Gasteiger partial charge in [-0.1, -0.05) is 0 Å². The van der Waals surface area contributed by atoms with Crippen molar-refractivity contribution in [3.05, 3.63) is 18.5 Å². The van der Waals surface area contributed by atoms with E-state index >= 15 is 0 Å². The Balaban J connectivity index is 0.00000361. The summed E-state index contributed by atoms with van der Waals surface area (Å²) in [6.07, 6.45) is -0.657. The topological polar surface area (TPSA) is 54.2 Å². The number of aromatic nitrogens is 2. The number of aliphatic imine (C=N–C) groups is 1. The Morgan fingerprint density at radius 1 is 1.30 bits per heavy atom. The Morgan fingerprint density at radius 3 is 2.55 bits per heavy atom. The maximum absolute atomic E-state index is 12.0. The molecule has 0 unspecified atom stereocenters. The second-order valence-electron chi connectivity index (χ2n) is 3.91. The second kappa shape index (κ2) is 9.83. The lowest BCUT2D eigenvalue weighted by molar-refractivity contribution is -0.132. The monoisotopic (exact) mass is 405 g/mol. The number of hydrogen-bond donors (Lipinski definition) is 2. The van der Waals surface area contributed by atoms with Crippen molar-refractivity contribution in [2.24, 2.45) is 4.99 Å². The summed E-state index contributed by atoms with van der Waals surface area (Å²) in [7, 11) is 1.52. The van der Waals surface area contributed by atoms with Crippen molar-refractivity contribution in [3.63, 3.8) is 0 Å². The molecule has 0 aromatic carbocycles. The van der Waals surface area contributed by atoms with Gasteiger partial charge in [-0.2, -0.15) is 18.3 Å². The van der Waals surface area contributed by atoms with Crippen molar-refractivity contribution in [2.75, 3.05) is 20.1 Å². The highest BCUT2D eigenvalue weighted by molar-refractivity contribution is 14.0. The van der Waals surface area contributed by atoms with Crippen molar-refractivity contribution in [3.8, 4) is 0 Å². The van der Waals surface area contributed by atoms with Gasteiger partial charge in [-0.05, 0) is 12.5 Å². The number of hydrogen-bond acceptors (Lipinski definition) is 2. The highest BCUT2D eigenvalue weighted by Crippen LogP contribution is 2.17. The minimum absolute atomic E-state index is 0. The minimum atomic E-state index is -4.15. The molecule has 0 radical (unpaired) electrons. The molecular weight excluding hydrogens is 386 g/mol. The molecule has 0 aliphatic rings. The van der Waals surface area contributed by atoms with Gasteiger partial charge in [0.05, 0.1) is 6.42 Å². The third kappa shape index (κ3) is 8.99. The van der Waals surface area contributed by atoms with Crippen molar-refractivity contribution in [1.29, 1.82) is 0 Å². The normalized spacial score (nSPS) is 11.9. The van der Waals surface area contributed by atoms with Crippen molar-refractivity contribution >= 4 is 29.9 Å². The molecule has 0 saturated carbocycles. The van der Waals surface area contributed by atoms with Crippen LogP contribution in [0.3, 0.4) is 0 Å². The summed E-state index contributed by atoms with van der Waals surface area (Å²) in [4.78, 5) is 3.85. The zero-order valence-electron chi connectivity index (χ0n) is 11.2. The summed E-state index contributed by atoms with van der Waals surface area (Å²) in [5.74, 6) is 0.379. The fourth-order valence-electron chi connectivity index (χ4n) is 1.42. The summed E-state index contributed by atoms with van der Waals surface area (Å²) in [5.41, 5.74) is 0. The zero-order chi connectivity index (χ0) is 14.1. The number of nitrogens with zero attached hydrogens (tertiary/aromatic N) is 3. The molecule has 0 amide bonds. The maximum Gasteiger partial charge on any atom is 0.390 e. The molecule has 1 rings (SSSR count). The van der Waals surface area contributed by atoms with Crippen LogP contribution in [0.2, 0.25) is 0 Å². The van der Waals surface area contributed by atoms with Gasteiger partial charge in [0.25, 0.3) is 0 Å². The van der Waals surface area contributed by atoms with Crippen LogP contribution in [-0.4, -0.2) is 42.1 Å². The van der Waals surface area contributed by atoms with Crippen molar-refractivity contribution < 1.29 is 13.2 Å². The second-order valence-corrected chi connectivity index (χ2v) is 3.91. The summed E-state index contributed by atoms with van der Waals surface area (Å²) in [6, 6.07) is 1.84. The van der Waals surface area contributed by atoms with E-state index in [2.05, 4.69) is 20.7 Å². The molecule has 0 saturated heterocycles. The molecule has 0 spiro atoms. The summed E-state index contributed by atoms with van der Waals surface area (Å²) < 4.78 is 37.7. The van der Waals surface area contributed by atoms with Gasteiger partial charge >= 0.3 is 6.18 Å². The van der Waals surface area contributed by atoms with Gasteiger partial charge in [0.2, 0.25) is 0 Å². The predicted molar refractivity (Wildman–Crippen MR) is 82.3 cm³/mol. The van der Waals surface area contributed by atoms with Crippen LogP contribution in [-0.2, 0) is 6.54 Å². The van der Waals surface area contributed by atoms with Crippen LogP contribution in [0.25, 0.3) is 0 Å². The predicted octanol–water partition coefficient (Wildman–Crippen LogP) is 2.01. The van der Waals surface area contributed by atoms with Gasteiger partial charge in [-0.3, -0.25) is 9.67 Å². The fourth-order valence-corrected chi connectivity index (χ4v) is 1.42. The van der Waals surface area contributed by atoms with Gasteiger partial charge in [0.15, 0.2) is 5.96 Å². The van der Waals surface area contributed by atoms with E-state index in [1.54, 1.807) is 10.9 Å². The number of alkyl halides is 3. The van der Waals surface area contributed by atoms with Crippen LogP contribution in [0, 0.1) is 0 Å². The molecule has 9 heteroatoms. The highest BCUT2D eigenvalue weighted by atomic mass is 127. The van der Waals surface area contributed by atoms with E-state index in [4.69, 9.17) is 0 Å². The molecule has 20 heavy (non-hydrogen) atoms. The smallest absolute Gasteiger partial charge is 0.356 e. The first-order valence-electron chi connectivity index (χ1n) is 6.00. The van der Waals surface area contributed by atoms with Crippen LogP contribution in [0.4, 0.5) is 13.2 Å². The number of guanidine groups is 1. The molecule has 0 bridgehead atoms. The van der Waals surface area contributed by atoms with Gasteiger partial charge in [0.1, 0.15) is 0 Å². The third-order valence-corrected chi connectivity index (χ3v) is 2.34. The Morgan fingerprint density at radius 2 is 2.00 bits per heavy atom. The summed E-state index contributed by atoms with van der Waals surface area (Å²) >= 11 is 0. The quantitative estimate of drug-likeness (QED) is 0.330. The highest BCUT2D eigenvalue weighted by Gasteiger charge is 2.26. The Hall–Kier alpha value is -1.00. The molecule has 116 valence electrons. The van der Waals surface area contributed by atoms with E-state index in [0.29, 0.717) is 12.5 Å². The molecule has 2 N–H and O–H groups in total. The first kappa shape index (κ1) is 19.0.